The lowest BCUT2D eigenvalue weighted by molar-refractivity contribution is -0.384. The summed E-state index contributed by atoms with van der Waals surface area (Å²) in [6, 6.07) is 4.17. The van der Waals surface area contributed by atoms with Gasteiger partial charge in [-0.3, -0.25) is 10.1 Å². The molecule has 0 aliphatic heterocycles. The van der Waals surface area contributed by atoms with Crippen LogP contribution in [-0.4, -0.2) is 40.3 Å². The van der Waals surface area contributed by atoms with Crippen molar-refractivity contribution in [2.24, 2.45) is 0 Å². The van der Waals surface area contributed by atoms with Crippen LogP contribution in [0.5, 0.6) is 0 Å². The van der Waals surface area contributed by atoms with Crippen molar-refractivity contribution in [2.45, 2.75) is 31.7 Å². The molecule has 7 heteroatoms. The Morgan fingerprint density at radius 2 is 2.14 bits per heavy atom. The first-order valence-electron chi connectivity index (χ1n) is 6.94. The summed E-state index contributed by atoms with van der Waals surface area (Å²) in [5.74, 6) is -1.18. The fourth-order valence-corrected chi connectivity index (χ4v) is 2.50. The van der Waals surface area contributed by atoms with Crippen LogP contribution in [-0.2, 0) is 0 Å². The first-order chi connectivity index (χ1) is 10.0. The molecule has 0 spiro atoms. The minimum atomic E-state index is -1.18. The topological polar surface area (TPSA) is 104 Å². The number of aromatic carboxylic acids is 1. The summed E-state index contributed by atoms with van der Waals surface area (Å²) in [5.41, 5.74) is 0.201. The highest BCUT2D eigenvalue weighted by Crippen LogP contribution is 2.33. The van der Waals surface area contributed by atoms with E-state index in [0.717, 1.165) is 25.3 Å². The van der Waals surface area contributed by atoms with Crippen LogP contribution >= 0.6 is 0 Å². The number of carboxylic acids is 1. The molecule has 0 aromatic heterocycles. The van der Waals surface area contributed by atoms with Crippen molar-refractivity contribution < 1.29 is 19.9 Å². The summed E-state index contributed by atoms with van der Waals surface area (Å²) < 4.78 is 0. The van der Waals surface area contributed by atoms with Crippen molar-refractivity contribution in [3.8, 4) is 0 Å². The molecule has 2 rings (SSSR count). The molecule has 0 bridgehead atoms. The Kier molecular flexibility index (Phi) is 4.74. The maximum absolute atomic E-state index is 11.4. The number of carboxylic acid groups (broad SMARTS) is 1. The van der Waals surface area contributed by atoms with E-state index in [9.17, 15) is 20.0 Å². The van der Waals surface area contributed by atoms with E-state index in [1.807, 2.05) is 4.90 Å². The summed E-state index contributed by atoms with van der Waals surface area (Å²) in [6.45, 7) is 0.567. The molecule has 0 saturated heterocycles. The quantitative estimate of drug-likeness (QED) is 0.589. The van der Waals surface area contributed by atoms with Crippen LogP contribution in [0.15, 0.2) is 18.2 Å². The van der Waals surface area contributed by atoms with E-state index >= 15 is 0 Å². The Balaban J connectivity index is 2.38. The fourth-order valence-electron chi connectivity index (χ4n) is 2.50. The van der Waals surface area contributed by atoms with E-state index in [2.05, 4.69) is 0 Å². The van der Waals surface area contributed by atoms with E-state index < -0.39 is 10.9 Å². The number of hydrogen-bond donors (Lipinski definition) is 2. The third kappa shape index (κ3) is 3.30. The third-order valence-corrected chi connectivity index (χ3v) is 3.80. The molecule has 0 unspecified atom stereocenters. The van der Waals surface area contributed by atoms with Gasteiger partial charge in [0.25, 0.3) is 5.69 Å². The first-order valence-corrected chi connectivity index (χ1v) is 6.94. The van der Waals surface area contributed by atoms with Gasteiger partial charge in [0.15, 0.2) is 0 Å². The first kappa shape index (κ1) is 15.2. The molecule has 7 nitrogen and oxygen atoms in total. The number of hydrogen-bond acceptors (Lipinski definition) is 5. The smallest absolute Gasteiger partial charge is 0.338 e. The van der Waals surface area contributed by atoms with Crippen LogP contribution in [0.4, 0.5) is 11.4 Å². The van der Waals surface area contributed by atoms with Gasteiger partial charge in [-0.25, -0.2) is 4.79 Å². The van der Waals surface area contributed by atoms with Gasteiger partial charge in [0.05, 0.1) is 16.2 Å². The highest BCUT2D eigenvalue weighted by molar-refractivity contribution is 5.95. The number of non-ortho nitro benzene ring substituents is 1. The average Bonchev–Trinajstić information content (AvgIpc) is 2.40. The molecule has 114 valence electrons. The molecule has 0 radical (unpaired) electrons. The molecular formula is C14H18N2O5. The van der Waals surface area contributed by atoms with Gasteiger partial charge in [-0.15, -0.1) is 0 Å². The van der Waals surface area contributed by atoms with E-state index in [4.69, 9.17) is 5.11 Å². The zero-order valence-electron chi connectivity index (χ0n) is 11.6. The molecule has 1 fully saturated rings. The molecule has 0 atom stereocenters. The van der Waals surface area contributed by atoms with Crippen LogP contribution < -0.4 is 4.90 Å². The van der Waals surface area contributed by atoms with Gasteiger partial charge < -0.3 is 15.1 Å². The maximum atomic E-state index is 11.4. The van der Waals surface area contributed by atoms with Crippen LogP contribution in [0.25, 0.3) is 0 Å². The lowest BCUT2D eigenvalue weighted by Crippen LogP contribution is -2.42. The number of aliphatic hydroxyl groups excluding tert-OH is 1. The number of nitro groups is 1. The number of anilines is 1. The van der Waals surface area contributed by atoms with E-state index in [-0.39, 0.29) is 23.9 Å². The lowest BCUT2D eigenvalue weighted by Gasteiger charge is -2.39. The van der Waals surface area contributed by atoms with Gasteiger partial charge in [0, 0.05) is 31.3 Å². The van der Waals surface area contributed by atoms with Crippen molar-refractivity contribution in [3.05, 3.63) is 33.9 Å². The van der Waals surface area contributed by atoms with Crippen LogP contribution in [0.1, 0.15) is 36.0 Å². The van der Waals surface area contributed by atoms with Crippen molar-refractivity contribution in [1.82, 2.24) is 0 Å². The fraction of sp³-hybridized carbons (Fsp3) is 0.500. The minimum Gasteiger partial charge on any atom is -0.478 e. The second-order valence-corrected chi connectivity index (χ2v) is 5.12. The van der Waals surface area contributed by atoms with Crippen molar-refractivity contribution in [3.63, 3.8) is 0 Å². The van der Waals surface area contributed by atoms with E-state index in [0.29, 0.717) is 18.7 Å². The van der Waals surface area contributed by atoms with Gasteiger partial charge in [0.1, 0.15) is 0 Å². The SMILES string of the molecule is O=C(O)c1cc([N+](=O)[O-])ccc1N(CCCO)C1CCC1. The van der Waals surface area contributed by atoms with Crippen LogP contribution in [0, 0.1) is 10.1 Å². The van der Waals surface area contributed by atoms with Gasteiger partial charge in [-0.2, -0.15) is 0 Å². The third-order valence-electron chi connectivity index (χ3n) is 3.80. The van der Waals surface area contributed by atoms with Gasteiger partial charge >= 0.3 is 5.97 Å². The minimum absolute atomic E-state index is 0.0264. The Hall–Kier alpha value is -2.15. The summed E-state index contributed by atoms with van der Waals surface area (Å²) in [6.07, 6.45) is 3.57. The molecule has 0 amide bonds. The monoisotopic (exact) mass is 294 g/mol. The lowest BCUT2D eigenvalue weighted by atomic mass is 9.90. The van der Waals surface area contributed by atoms with E-state index in [1.165, 1.54) is 12.1 Å². The van der Waals surface area contributed by atoms with Crippen molar-refractivity contribution >= 4 is 17.3 Å². The zero-order chi connectivity index (χ0) is 15.4. The predicted molar refractivity (Wildman–Crippen MR) is 76.7 cm³/mol. The molecule has 21 heavy (non-hydrogen) atoms. The number of aliphatic hydroxyl groups is 1. The summed E-state index contributed by atoms with van der Waals surface area (Å²) in [4.78, 5) is 23.6. The Morgan fingerprint density at radius 1 is 1.43 bits per heavy atom. The molecule has 1 aliphatic carbocycles. The van der Waals surface area contributed by atoms with E-state index in [1.54, 1.807) is 0 Å². The molecule has 0 heterocycles. The Morgan fingerprint density at radius 3 is 2.62 bits per heavy atom. The molecule has 1 aromatic carbocycles. The summed E-state index contributed by atoms with van der Waals surface area (Å²) in [5, 5.41) is 29.1. The molecule has 1 aromatic rings. The number of nitrogens with zero attached hydrogens (tertiary/aromatic N) is 2. The Labute approximate surface area is 122 Å². The standard InChI is InChI=1S/C14H18N2O5/c17-8-2-7-15(10-3-1-4-10)13-6-5-11(16(20)21)9-12(13)14(18)19/h5-6,9-10,17H,1-4,7-8H2,(H,18,19). The molecule has 1 aliphatic rings. The Bertz CT molecular complexity index is 542. The van der Waals surface area contributed by atoms with Crippen molar-refractivity contribution in [2.75, 3.05) is 18.1 Å². The number of rotatable bonds is 7. The normalized spacial score (nSPS) is 14.5. The highest BCUT2D eigenvalue weighted by Gasteiger charge is 2.28. The van der Waals surface area contributed by atoms with Crippen LogP contribution in [0.3, 0.4) is 0 Å². The van der Waals surface area contributed by atoms with Crippen molar-refractivity contribution in [1.29, 1.82) is 0 Å². The van der Waals surface area contributed by atoms with Gasteiger partial charge in [-0.1, -0.05) is 0 Å². The van der Waals surface area contributed by atoms with Crippen LogP contribution in [0.2, 0.25) is 0 Å². The van der Waals surface area contributed by atoms with Gasteiger partial charge in [-0.05, 0) is 31.7 Å². The number of carbonyl (C=O) groups is 1. The molecule has 1 saturated carbocycles. The number of benzene rings is 1. The second kappa shape index (κ2) is 6.53. The van der Waals surface area contributed by atoms with Gasteiger partial charge in [0.2, 0.25) is 0 Å². The average molecular weight is 294 g/mol. The summed E-state index contributed by atoms with van der Waals surface area (Å²) >= 11 is 0. The zero-order valence-corrected chi connectivity index (χ0v) is 11.6. The second-order valence-electron chi connectivity index (χ2n) is 5.12. The molecular weight excluding hydrogens is 276 g/mol. The number of nitro benzene ring substituents is 1. The molecule has 2 N–H and O–H groups in total. The predicted octanol–water partition coefficient (Wildman–Crippen LogP) is 2.03. The summed E-state index contributed by atoms with van der Waals surface area (Å²) in [7, 11) is 0. The largest absolute Gasteiger partial charge is 0.478 e. The highest BCUT2D eigenvalue weighted by atomic mass is 16.6. The maximum Gasteiger partial charge on any atom is 0.338 e.